The van der Waals surface area contributed by atoms with Crippen LogP contribution in [0.25, 0.3) is 0 Å². The SMILES string of the molecule is COc1ccccc1N1CCN(c2ccc(NC(=O)Nc3cccc(C)c3)cc2C(=O)NC(C)c2ccccc2)CC1. The molecule has 1 saturated heterocycles. The number of carbonyl (C=O) groups excluding carboxylic acids is 2. The van der Waals surface area contributed by atoms with Crippen LogP contribution < -0.4 is 30.5 Å². The summed E-state index contributed by atoms with van der Waals surface area (Å²) in [5.41, 5.74) is 5.71. The minimum absolute atomic E-state index is 0.185. The number of carbonyl (C=O) groups is 2. The summed E-state index contributed by atoms with van der Waals surface area (Å²) in [6, 6.07) is 30.5. The average molecular weight is 564 g/mol. The van der Waals surface area contributed by atoms with E-state index in [0.29, 0.717) is 16.9 Å². The molecule has 8 nitrogen and oxygen atoms in total. The Kier molecular flexibility index (Phi) is 8.92. The van der Waals surface area contributed by atoms with E-state index in [2.05, 4.69) is 31.8 Å². The van der Waals surface area contributed by atoms with Gasteiger partial charge < -0.3 is 30.5 Å². The van der Waals surface area contributed by atoms with Crippen LogP contribution >= 0.6 is 0 Å². The quantitative estimate of drug-likeness (QED) is 0.229. The Labute approximate surface area is 247 Å². The molecule has 0 aliphatic carbocycles. The first kappa shape index (κ1) is 28.5. The minimum Gasteiger partial charge on any atom is -0.495 e. The molecule has 1 unspecified atom stereocenters. The van der Waals surface area contributed by atoms with Gasteiger partial charge >= 0.3 is 6.03 Å². The van der Waals surface area contributed by atoms with Gasteiger partial charge in [-0.3, -0.25) is 4.79 Å². The first-order valence-electron chi connectivity index (χ1n) is 14.2. The molecule has 5 rings (SSSR count). The Morgan fingerprint density at radius 2 is 1.38 bits per heavy atom. The smallest absolute Gasteiger partial charge is 0.323 e. The van der Waals surface area contributed by atoms with Crippen LogP contribution in [0.1, 0.15) is 34.5 Å². The van der Waals surface area contributed by atoms with Crippen molar-refractivity contribution in [2.24, 2.45) is 0 Å². The van der Waals surface area contributed by atoms with Gasteiger partial charge in [-0.1, -0.05) is 54.6 Å². The fourth-order valence-electron chi connectivity index (χ4n) is 5.27. The highest BCUT2D eigenvalue weighted by molar-refractivity contribution is 6.04. The van der Waals surface area contributed by atoms with Gasteiger partial charge in [-0.05, 0) is 67.4 Å². The van der Waals surface area contributed by atoms with Gasteiger partial charge in [-0.15, -0.1) is 0 Å². The van der Waals surface area contributed by atoms with Gasteiger partial charge in [-0.25, -0.2) is 4.79 Å². The highest BCUT2D eigenvalue weighted by atomic mass is 16.5. The van der Waals surface area contributed by atoms with Crippen LogP contribution in [0.15, 0.2) is 97.1 Å². The van der Waals surface area contributed by atoms with Crippen molar-refractivity contribution < 1.29 is 14.3 Å². The topological polar surface area (TPSA) is 85.9 Å². The van der Waals surface area contributed by atoms with Crippen molar-refractivity contribution in [3.05, 3.63) is 114 Å². The number of ether oxygens (including phenoxy) is 1. The second kappa shape index (κ2) is 13.1. The molecule has 1 fully saturated rings. The molecule has 0 saturated carbocycles. The second-order valence-electron chi connectivity index (χ2n) is 10.4. The summed E-state index contributed by atoms with van der Waals surface area (Å²) in [6.45, 7) is 6.96. The summed E-state index contributed by atoms with van der Waals surface area (Å²) >= 11 is 0. The molecule has 1 heterocycles. The van der Waals surface area contributed by atoms with Gasteiger partial charge in [0.25, 0.3) is 5.91 Å². The molecule has 4 aromatic carbocycles. The Hall–Kier alpha value is -4.98. The molecule has 0 spiro atoms. The van der Waals surface area contributed by atoms with E-state index in [-0.39, 0.29) is 18.0 Å². The second-order valence-corrected chi connectivity index (χ2v) is 10.4. The van der Waals surface area contributed by atoms with Crippen LogP contribution in [0.3, 0.4) is 0 Å². The molecule has 8 heteroatoms. The van der Waals surface area contributed by atoms with E-state index in [4.69, 9.17) is 4.74 Å². The number of benzene rings is 4. The predicted octanol–water partition coefficient (Wildman–Crippen LogP) is 6.47. The van der Waals surface area contributed by atoms with E-state index in [0.717, 1.165) is 54.4 Å². The molecule has 1 aliphatic rings. The van der Waals surface area contributed by atoms with Crippen molar-refractivity contribution >= 4 is 34.7 Å². The monoisotopic (exact) mass is 563 g/mol. The highest BCUT2D eigenvalue weighted by Crippen LogP contribution is 2.31. The number of methoxy groups -OCH3 is 1. The van der Waals surface area contributed by atoms with Crippen LogP contribution in [0, 0.1) is 6.92 Å². The van der Waals surface area contributed by atoms with E-state index in [1.807, 2.05) is 98.8 Å². The zero-order valence-corrected chi connectivity index (χ0v) is 24.3. The number of piperazine rings is 1. The number of nitrogens with zero attached hydrogens (tertiary/aromatic N) is 2. The zero-order chi connectivity index (χ0) is 29.5. The van der Waals surface area contributed by atoms with Gasteiger partial charge in [0, 0.05) is 43.2 Å². The maximum absolute atomic E-state index is 13.7. The van der Waals surface area contributed by atoms with Crippen LogP contribution in [0.5, 0.6) is 5.75 Å². The highest BCUT2D eigenvalue weighted by Gasteiger charge is 2.24. The summed E-state index contributed by atoms with van der Waals surface area (Å²) in [4.78, 5) is 31.1. The Morgan fingerprint density at radius 3 is 2.07 bits per heavy atom. The van der Waals surface area contributed by atoms with Gasteiger partial charge in [-0.2, -0.15) is 0 Å². The molecule has 216 valence electrons. The largest absolute Gasteiger partial charge is 0.495 e. The molecule has 0 bridgehead atoms. The first-order chi connectivity index (χ1) is 20.4. The maximum Gasteiger partial charge on any atom is 0.323 e. The van der Waals surface area contributed by atoms with Gasteiger partial charge in [0.2, 0.25) is 0 Å². The molecule has 1 atom stereocenters. The summed E-state index contributed by atoms with van der Waals surface area (Å²) in [6.07, 6.45) is 0. The van der Waals surface area contributed by atoms with Crippen molar-refractivity contribution in [2.75, 3.05) is 53.7 Å². The normalized spacial score (nSPS) is 13.7. The van der Waals surface area contributed by atoms with E-state index in [1.54, 1.807) is 13.2 Å². The lowest BCUT2D eigenvalue weighted by Crippen LogP contribution is -2.47. The molecule has 4 aromatic rings. The number of aryl methyl sites for hydroxylation is 1. The maximum atomic E-state index is 13.7. The molecular weight excluding hydrogens is 526 g/mol. The third kappa shape index (κ3) is 6.83. The molecular formula is C34H37N5O3. The zero-order valence-electron chi connectivity index (χ0n) is 24.3. The fraction of sp³-hybridized carbons (Fsp3) is 0.235. The summed E-state index contributed by atoms with van der Waals surface area (Å²) in [5, 5.41) is 8.90. The Balaban J connectivity index is 1.36. The van der Waals surface area contributed by atoms with Gasteiger partial charge in [0.05, 0.1) is 24.4 Å². The van der Waals surface area contributed by atoms with Crippen molar-refractivity contribution in [1.29, 1.82) is 0 Å². The molecule has 3 N–H and O–H groups in total. The van der Waals surface area contributed by atoms with Crippen LogP contribution in [0.2, 0.25) is 0 Å². The number of rotatable bonds is 8. The predicted molar refractivity (Wildman–Crippen MR) is 170 cm³/mol. The fourth-order valence-corrected chi connectivity index (χ4v) is 5.27. The van der Waals surface area contributed by atoms with E-state index < -0.39 is 0 Å². The summed E-state index contributed by atoms with van der Waals surface area (Å²) < 4.78 is 5.57. The number of amides is 3. The van der Waals surface area contributed by atoms with Crippen LogP contribution in [-0.2, 0) is 0 Å². The van der Waals surface area contributed by atoms with Crippen LogP contribution in [-0.4, -0.2) is 45.2 Å². The lowest BCUT2D eigenvalue weighted by atomic mass is 10.1. The van der Waals surface area contributed by atoms with Gasteiger partial charge in [0.15, 0.2) is 0 Å². The number of nitrogens with one attached hydrogen (secondary N) is 3. The number of hydrogen-bond donors (Lipinski definition) is 3. The van der Waals surface area contributed by atoms with Crippen molar-refractivity contribution in [2.45, 2.75) is 19.9 Å². The molecule has 42 heavy (non-hydrogen) atoms. The third-order valence-electron chi connectivity index (χ3n) is 7.47. The molecule has 0 radical (unpaired) electrons. The lowest BCUT2D eigenvalue weighted by Gasteiger charge is -2.38. The first-order valence-corrected chi connectivity index (χ1v) is 14.2. The molecule has 0 aromatic heterocycles. The van der Waals surface area contributed by atoms with Crippen molar-refractivity contribution in [3.8, 4) is 5.75 Å². The number of hydrogen-bond acceptors (Lipinski definition) is 5. The van der Waals surface area contributed by atoms with Gasteiger partial charge in [0.1, 0.15) is 5.75 Å². The molecule has 3 amide bonds. The minimum atomic E-state index is -0.372. The van der Waals surface area contributed by atoms with E-state index >= 15 is 0 Å². The number of anilines is 4. The Morgan fingerprint density at radius 1 is 0.738 bits per heavy atom. The standard InChI is InChI=1S/C34H37N5O3/c1-24-10-9-13-27(22-24)36-34(41)37-28-16-17-30(29(23-28)33(40)35-25(2)26-11-5-4-6-12-26)38-18-20-39(21-19-38)31-14-7-8-15-32(31)42-3/h4-17,22-23,25H,18-21H2,1-3H3,(H,35,40)(H2,36,37,41). The van der Waals surface area contributed by atoms with Crippen molar-refractivity contribution in [1.82, 2.24) is 5.32 Å². The van der Waals surface area contributed by atoms with E-state index in [1.165, 1.54) is 0 Å². The van der Waals surface area contributed by atoms with Crippen LogP contribution in [0.4, 0.5) is 27.5 Å². The summed E-state index contributed by atoms with van der Waals surface area (Å²) in [5.74, 6) is 0.650. The summed E-state index contributed by atoms with van der Waals surface area (Å²) in [7, 11) is 1.69. The number of urea groups is 1. The molecule has 1 aliphatic heterocycles. The third-order valence-corrected chi connectivity index (χ3v) is 7.47. The average Bonchev–Trinajstić information content (AvgIpc) is 3.01. The number of para-hydroxylation sites is 2. The lowest BCUT2D eigenvalue weighted by molar-refractivity contribution is 0.0940. The van der Waals surface area contributed by atoms with Crippen molar-refractivity contribution in [3.63, 3.8) is 0 Å². The van der Waals surface area contributed by atoms with E-state index in [9.17, 15) is 9.59 Å². The Bertz CT molecular complexity index is 1530.